The predicted octanol–water partition coefficient (Wildman–Crippen LogP) is 6.26. The number of ketones is 1. The van der Waals surface area contributed by atoms with Gasteiger partial charge in [-0.25, -0.2) is 0 Å². The van der Waals surface area contributed by atoms with Gasteiger partial charge in [-0.05, 0) is 54.4 Å². The average Bonchev–Trinajstić information content (AvgIpc) is 3.65. The zero-order chi connectivity index (χ0) is 25.9. The van der Waals surface area contributed by atoms with E-state index in [-0.39, 0.29) is 16.5 Å². The molecule has 2 aromatic carbocycles. The highest BCUT2D eigenvalue weighted by atomic mass is 35.5. The fourth-order valence-electron chi connectivity index (χ4n) is 3.89. The molecule has 1 atom stereocenters. The van der Waals surface area contributed by atoms with Crippen LogP contribution < -0.4 is 9.64 Å². The summed E-state index contributed by atoms with van der Waals surface area (Å²) in [5.74, 6) is -0.674. The lowest BCUT2D eigenvalue weighted by Gasteiger charge is -2.24. The van der Waals surface area contributed by atoms with Gasteiger partial charge in [0.25, 0.3) is 5.91 Å². The Balaban J connectivity index is 1.47. The quantitative estimate of drug-likeness (QED) is 0.147. The van der Waals surface area contributed by atoms with Gasteiger partial charge >= 0.3 is 0 Å². The van der Waals surface area contributed by atoms with Crippen LogP contribution in [0.15, 0.2) is 87.0 Å². The van der Waals surface area contributed by atoms with Crippen molar-refractivity contribution < 1.29 is 23.8 Å². The zero-order valence-electron chi connectivity index (χ0n) is 19.5. The number of nitrogens with zero attached hydrogens (tertiary/aromatic N) is 3. The van der Waals surface area contributed by atoms with Gasteiger partial charge in [-0.2, -0.15) is 0 Å². The highest BCUT2D eigenvalue weighted by Gasteiger charge is 2.46. The molecule has 0 spiro atoms. The van der Waals surface area contributed by atoms with Crippen LogP contribution in [0.4, 0.5) is 5.13 Å². The van der Waals surface area contributed by atoms with E-state index >= 15 is 0 Å². The smallest absolute Gasteiger partial charge is 0.296 e. The van der Waals surface area contributed by atoms with Crippen molar-refractivity contribution in [2.24, 2.45) is 0 Å². The lowest BCUT2D eigenvalue weighted by atomic mass is 9.95. The molecular formula is C26H20ClN3O5S2. The van der Waals surface area contributed by atoms with Crippen molar-refractivity contribution in [1.82, 2.24) is 10.2 Å². The number of anilines is 1. The molecule has 0 radical (unpaired) electrons. The maximum atomic E-state index is 13.3. The molecule has 4 aromatic rings. The van der Waals surface area contributed by atoms with Crippen LogP contribution in [0, 0.1) is 0 Å². The van der Waals surface area contributed by atoms with Gasteiger partial charge < -0.3 is 14.3 Å². The molecule has 1 aliphatic rings. The van der Waals surface area contributed by atoms with Gasteiger partial charge in [0.1, 0.15) is 5.75 Å². The van der Waals surface area contributed by atoms with E-state index in [1.165, 1.54) is 40.3 Å². The minimum absolute atomic E-state index is 0.0172. The predicted molar refractivity (Wildman–Crippen MR) is 141 cm³/mol. The van der Waals surface area contributed by atoms with Gasteiger partial charge in [0.2, 0.25) is 10.9 Å². The van der Waals surface area contributed by atoms with Crippen molar-refractivity contribution in [3.05, 3.63) is 100 Å². The normalized spacial score (nSPS) is 15.5. The molecule has 3 heterocycles. The molecule has 11 heteroatoms. The summed E-state index contributed by atoms with van der Waals surface area (Å²) in [5.41, 5.74) is 1.57. The van der Waals surface area contributed by atoms with Crippen LogP contribution in [-0.4, -0.2) is 33.6 Å². The van der Waals surface area contributed by atoms with Crippen molar-refractivity contribution in [3.63, 3.8) is 0 Å². The molecule has 1 amide bonds. The first-order chi connectivity index (χ1) is 18.0. The zero-order valence-corrected chi connectivity index (χ0v) is 21.8. The van der Waals surface area contributed by atoms with Gasteiger partial charge in [-0.15, -0.1) is 10.2 Å². The summed E-state index contributed by atoms with van der Waals surface area (Å²) in [6.07, 6.45) is 1.36. The first kappa shape index (κ1) is 25.1. The molecule has 5 rings (SSSR count). The Morgan fingerprint density at radius 2 is 1.92 bits per heavy atom. The van der Waals surface area contributed by atoms with Crippen molar-refractivity contribution in [3.8, 4) is 5.75 Å². The molecule has 37 heavy (non-hydrogen) atoms. The van der Waals surface area contributed by atoms with Crippen molar-refractivity contribution >= 4 is 51.5 Å². The number of amides is 1. The third kappa shape index (κ3) is 5.13. The Bertz CT molecular complexity index is 1450. The summed E-state index contributed by atoms with van der Waals surface area (Å²) in [5, 5.41) is 20.2. The lowest BCUT2D eigenvalue weighted by Crippen LogP contribution is -2.31. The van der Waals surface area contributed by atoms with Crippen LogP contribution >= 0.6 is 34.7 Å². The van der Waals surface area contributed by atoms with Crippen LogP contribution in [0.25, 0.3) is 0 Å². The Labute approximate surface area is 225 Å². The van der Waals surface area contributed by atoms with Crippen LogP contribution in [0.2, 0.25) is 5.02 Å². The number of carbonyl (C=O) groups excluding carboxylic acids is 2. The van der Waals surface area contributed by atoms with Crippen LogP contribution in [0.5, 0.6) is 5.75 Å². The topological polar surface area (TPSA) is 106 Å². The number of carbonyl (C=O) groups is 2. The number of furan rings is 1. The first-order valence-electron chi connectivity index (χ1n) is 11.2. The van der Waals surface area contributed by atoms with Crippen LogP contribution in [0.3, 0.4) is 0 Å². The fraction of sp³-hybridized carbons (Fsp3) is 0.154. The summed E-state index contributed by atoms with van der Waals surface area (Å²) in [4.78, 5) is 27.9. The van der Waals surface area contributed by atoms with Crippen molar-refractivity contribution in [1.29, 1.82) is 0 Å². The number of benzene rings is 2. The second-order valence-corrected chi connectivity index (χ2v) is 10.5. The minimum Gasteiger partial charge on any atom is -0.503 e. The van der Waals surface area contributed by atoms with E-state index in [4.69, 9.17) is 20.8 Å². The maximum absolute atomic E-state index is 13.3. The summed E-state index contributed by atoms with van der Waals surface area (Å²) in [6.45, 7) is 2.38. The summed E-state index contributed by atoms with van der Waals surface area (Å²) < 4.78 is 11.4. The van der Waals surface area contributed by atoms with Gasteiger partial charge in [0.05, 0.1) is 24.5 Å². The number of hydrogen-bond acceptors (Lipinski definition) is 9. The van der Waals surface area contributed by atoms with Gasteiger partial charge in [0, 0.05) is 10.8 Å². The molecule has 1 unspecified atom stereocenters. The first-order valence-corrected chi connectivity index (χ1v) is 13.4. The van der Waals surface area contributed by atoms with Crippen LogP contribution in [-0.2, 0) is 10.5 Å². The van der Waals surface area contributed by atoms with Crippen LogP contribution in [0.1, 0.15) is 34.6 Å². The number of Topliss-reactive ketones (excluding diaryl/α,β-unsaturated/α-hetero) is 1. The van der Waals surface area contributed by atoms with Gasteiger partial charge in [-0.3, -0.25) is 14.5 Å². The molecule has 0 saturated heterocycles. The van der Waals surface area contributed by atoms with E-state index in [2.05, 4.69) is 10.2 Å². The molecule has 0 fully saturated rings. The van der Waals surface area contributed by atoms with E-state index in [0.29, 0.717) is 33.0 Å². The molecule has 0 bridgehead atoms. The highest BCUT2D eigenvalue weighted by Crippen LogP contribution is 2.44. The molecule has 8 nitrogen and oxygen atoms in total. The van der Waals surface area contributed by atoms with Gasteiger partial charge in [-0.1, -0.05) is 59.0 Å². The Kier molecular flexibility index (Phi) is 7.31. The molecular weight excluding hydrogens is 534 g/mol. The Hall–Kier alpha value is -3.60. The summed E-state index contributed by atoms with van der Waals surface area (Å²) in [7, 11) is 0. The number of aliphatic hydroxyl groups is 1. The number of rotatable bonds is 9. The molecule has 0 aliphatic carbocycles. The second-order valence-electron chi connectivity index (χ2n) is 7.91. The van der Waals surface area contributed by atoms with Gasteiger partial charge in [0.15, 0.2) is 15.9 Å². The van der Waals surface area contributed by atoms with E-state index < -0.39 is 23.5 Å². The third-order valence-corrected chi connectivity index (χ3v) is 7.96. The minimum atomic E-state index is -0.928. The molecule has 188 valence electrons. The molecule has 0 saturated carbocycles. The molecule has 2 aromatic heterocycles. The summed E-state index contributed by atoms with van der Waals surface area (Å²) in [6, 6.07) is 16.6. The standard InChI is InChI=1S/C26H20ClN3O5S2/c1-2-34-18-11-7-16(8-12-18)21-20(22(31)19-4-3-13-35-19)23(32)24(33)30(21)25-28-29-26(37-25)36-14-15-5-9-17(27)10-6-15/h3-13,21,32H,2,14H2,1H3. The fourth-order valence-corrected chi connectivity index (χ4v) is 5.84. The second kappa shape index (κ2) is 10.8. The largest absolute Gasteiger partial charge is 0.503 e. The summed E-state index contributed by atoms with van der Waals surface area (Å²) >= 11 is 8.62. The average molecular weight is 554 g/mol. The number of ether oxygens (including phenoxy) is 1. The molecule has 1 aliphatic heterocycles. The highest BCUT2D eigenvalue weighted by molar-refractivity contribution is 8.00. The lowest BCUT2D eigenvalue weighted by molar-refractivity contribution is -0.117. The maximum Gasteiger partial charge on any atom is 0.296 e. The number of thioether (sulfide) groups is 1. The van der Waals surface area contributed by atoms with E-state index in [1.807, 2.05) is 31.2 Å². The Morgan fingerprint density at radius 1 is 1.16 bits per heavy atom. The van der Waals surface area contributed by atoms with Crippen molar-refractivity contribution in [2.75, 3.05) is 11.5 Å². The van der Waals surface area contributed by atoms with E-state index in [1.54, 1.807) is 30.3 Å². The number of aliphatic hydroxyl groups excluding tert-OH is 1. The monoisotopic (exact) mass is 553 g/mol. The third-order valence-electron chi connectivity index (χ3n) is 5.58. The van der Waals surface area contributed by atoms with E-state index in [0.717, 1.165) is 5.56 Å². The van der Waals surface area contributed by atoms with E-state index in [9.17, 15) is 14.7 Å². The Morgan fingerprint density at radius 3 is 2.59 bits per heavy atom. The number of halogens is 1. The SMILES string of the molecule is CCOc1ccc(C2C(C(=O)c3ccco3)=C(O)C(=O)N2c2nnc(SCc3ccc(Cl)cc3)s2)cc1. The van der Waals surface area contributed by atoms with Crippen molar-refractivity contribution in [2.45, 2.75) is 23.1 Å². The number of aromatic nitrogens is 2. The molecule has 1 N–H and O–H groups in total. The number of hydrogen-bond donors (Lipinski definition) is 1.